The molecule has 0 unspecified atom stereocenters. The third-order valence-electron chi connectivity index (χ3n) is 2.48. The summed E-state index contributed by atoms with van der Waals surface area (Å²) in [5, 5.41) is 2.35. The van der Waals surface area contributed by atoms with Gasteiger partial charge in [0.2, 0.25) is 0 Å². The highest BCUT2D eigenvalue weighted by Gasteiger charge is 2.03. The highest BCUT2D eigenvalue weighted by atomic mass is 79.9. The summed E-state index contributed by atoms with van der Waals surface area (Å²) in [6.45, 7) is 4.51. The lowest BCUT2D eigenvalue weighted by molar-refractivity contribution is -0.0612. The van der Waals surface area contributed by atoms with Gasteiger partial charge in [-0.1, -0.05) is 28.1 Å². The molecule has 2 nitrogen and oxygen atoms in total. The fraction of sp³-hybridized carbons (Fsp3) is 0.286. The van der Waals surface area contributed by atoms with Crippen molar-refractivity contribution in [1.29, 1.82) is 0 Å². The number of fused-ring (bicyclic) bond motifs is 1. The van der Waals surface area contributed by atoms with E-state index in [1.165, 1.54) is 5.39 Å². The summed E-state index contributed by atoms with van der Waals surface area (Å²) in [6, 6.07) is 12.2. The van der Waals surface area contributed by atoms with E-state index in [4.69, 9.17) is 9.47 Å². The average molecular weight is 295 g/mol. The molecule has 0 aliphatic carbocycles. The fourth-order valence-electron chi connectivity index (χ4n) is 1.73. The van der Waals surface area contributed by atoms with Crippen molar-refractivity contribution in [2.45, 2.75) is 20.1 Å². The van der Waals surface area contributed by atoms with Crippen LogP contribution < -0.4 is 4.74 Å². The predicted molar refractivity (Wildman–Crippen MR) is 73.4 cm³/mol. The minimum Gasteiger partial charge on any atom is -0.465 e. The van der Waals surface area contributed by atoms with Gasteiger partial charge >= 0.3 is 0 Å². The molecular formula is C14H15BrO2. The zero-order valence-corrected chi connectivity index (χ0v) is 11.5. The van der Waals surface area contributed by atoms with Gasteiger partial charge in [0.25, 0.3) is 0 Å². The van der Waals surface area contributed by atoms with Gasteiger partial charge in [-0.05, 0) is 48.9 Å². The minimum atomic E-state index is -0.215. The van der Waals surface area contributed by atoms with Crippen molar-refractivity contribution in [2.75, 3.05) is 6.61 Å². The van der Waals surface area contributed by atoms with Crippen LogP contribution in [0.5, 0.6) is 5.75 Å². The number of rotatable bonds is 4. The first-order valence-electron chi connectivity index (χ1n) is 5.66. The second-order valence-corrected chi connectivity index (χ2v) is 4.71. The Balaban J connectivity index is 2.23. The first-order chi connectivity index (χ1) is 8.19. The zero-order valence-electron chi connectivity index (χ0n) is 9.94. The molecular weight excluding hydrogens is 280 g/mol. The van der Waals surface area contributed by atoms with Gasteiger partial charge in [-0.2, -0.15) is 0 Å². The van der Waals surface area contributed by atoms with Crippen LogP contribution in [0.25, 0.3) is 10.8 Å². The number of halogens is 1. The molecule has 2 aromatic carbocycles. The van der Waals surface area contributed by atoms with E-state index < -0.39 is 0 Å². The molecule has 0 heterocycles. The molecule has 0 radical (unpaired) electrons. The van der Waals surface area contributed by atoms with Crippen LogP contribution in [-0.2, 0) is 4.74 Å². The SMILES string of the molecule is CCO[C@@H](C)Oc1ccc2cc(Br)ccc2c1. The molecule has 0 aliphatic rings. The topological polar surface area (TPSA) is 18.5 Å². The number of ether oxygens (including phenoxy) is 2. The van der Waals surface area contributed by atoms with Crippen LogP contribution in [0.3, 0.4) is 0 Å². The van der Waals surface area contributed by atoms with Gasteiger partial charge in [0.05, 0.1) is 0 Å². The molecule has 17 heavy (non-hydrogen) atoms. The predicted octanol–water partition coefficient (Wildman–Crippen LogP) is 4.36. The quantitative estimate of drug-likeness (QED) is 0.780. The summed E-state index contributed by atoms with van der Waals surface area (Å²) in [6.07, 6.45) is -0.215. The van der Waals surface area contributed by atoms with E-state index in [2.05, 4.69) is 28.1 Å². The Hall–Kier alpha value is -1.06. The smallest absolute Gasteiger partial charge is 0.196 e. The van der Waals surface area contributed by atoms with Crippen LogP contribution in [0, 0.1) is 0 Å². The molecule has 2 aromatic rings. The maximum atomic E-state index is 5.66. The lowest BCUT2D eigenvalue weighted by Gasteiger charge is -2.14. The Morgan fingerprint density at radius 1 is 1.12 bits per heavy atom. The highest BCUT2D eigenvalue weighted by Crippen LogP contribution is 2.24. The van der Waals surface area contributed by atoms with Crippen molar-refractivity contribution >= 4 is 26.7 Å². The van der Waals surface area contributed by atoms with E-state index in [1.807, 2.05) is 38.1 Å². The van der Waals surface area contributed by atoms with Gasteiger partial charge < -0.3 is 9.47 Å². The summed E-state index contributed by atoms with van der Waals surface area (Å²) >= 11 is 3.46. The van der Waals surface area contributed by atoms with Crippen LogP contribution in [0.2, 0.25) is 0 Å². The second-order valence-electron chi connectivity index (χ2n) is 3.79. The number of hydrogen-bond donors (Lipinski definition) is 0. The second kappa shape index (κ2) is 5.52. The number of benzene rings is 2. The van der Waals surface area contributed by atoms with Gasteiger partial charge in [-0.3, -0.25) is 0 Å². The van der Waals surface area contributed by atoms with Crippen LogP contribution >= 0.6 is 15.9 Å². The van der Waals surface area contributed by atoms with Crippen LogP contribution in [0.15, 0.2) is 40.9 Å². The normalized spacial score (nSPS) is 12.6. The van der Waals surface area contributed by atoms with Crippen molar-refractivity contribution in [1.82, 2.24) is 0 Å². The van der Waals surface area contributed by atoms with Gasteiger partial charge in [-0.15, -0.1) is 0 Å². The Kier molecular flexibility index (Phi) is 4.02. The molecule has 1 atom stereocenters. The fourth-order valence-corrected chi connectivity index (χ4v) is 2.11. The maximum absolute atomic E-state index is 5.66. The van der Waals surface area contributed by atoms with E-state index in [0.29, 0.717) is 6.61 Å². The summed E-state index contributed by atoms with van der Waals surface area (Å²) in [5.74, 6) is 0.834. The molecule has 0 spiro atoms. The van der Waals surface area contributed by atoms with Crippen molar-refractivity contribution in [3.63, 3.8) is 0 Å². The average Bonchev–Trinajstić information content (AvgIpc) is 2.29. The number of hydrogen-bond acceptors (Lipinski definition) is 2. The minimum absolute atomic E-state index is 0.215. The Morgan fingerprint density at radius 2 is 1.82 bits per heavy atom. The van der Waals surface area contributed by atoms with E-state index in [0.717, 1.165) is 15.6 Å². The van der Waals surface area contributed by atoms with E-state index in [9.17, 15) is 0 Å². The molecule has 3 heteroatoms. The largest absolute Gasteiger partial charge is 0.465 e. The van der Waals surface area contributed by atoms with Gasteiger partial charge in [0, 0.05) is 11.1 Å². The van der Waals surface area contributed by atoms with Crippen LogP contribution in [0.4, 0.5) is 0 Å². The summed E-state index contributed by atoms with van der Waals surface area (Å²) in [5.41, 5.74) is 0. The molecule has 0 fully saturated rings. The van der Waals surface area contributed by atoms with Gasteiger partial charge in [-0.25, -0.2) is 0 Å². The van der Waals surface area contributed by atoms with Crippen molar-refractivity contribution in [2.24, 2.45) is 0 Å². The van der Waals surface area contributed by atoms with Crippen LogP contribution in [-0.4, -0.2) is 12.9 Å². The summed E-state index contributed by atoms with van der Waals surface area (Å²) in [7, 11) is 0. The standard InChI is InChI=1S/C14H15BrO2/c1-3-16-10(2)17-14-7-5-11-8-13(15)6-4-12(11)9-14/h4-10H,3H2,1-2H3/t10-/m1/s1. The lowest BCUT2D eigenvalue weighted by atomic mass is 10.1. The van der Waals surface area contributed by atoms with E-state index >= 15 is 0 Å². The summed E-state index contributed by atoms with van der Waals surface area (Å²) < 4.78 is 12.1. The molecule has 0 N–H and O–H groups in total. The zero-order chi connectivity index (χ0) is 12.3. The van der Waals surface area contributed by atoms with Crippen molar-refractivity contribution < 1.29 is 9.47 Å². The monoisotopic (exact) mass is 294 g/mol. The van der Waals surface area contributed by atoms with Crippen molar-refractivity contribution in [3.8, 4) is 5.75 Å². The van der Waals surface area contributed by atoms with E-state index in [1.54, 1.807) is 0 Å². The molecule has 0 aliphatic heterocycles. The van der Waals surface area contributed by atoms with Gasteiger partial charge in [0.15, 0.2) is 6.29 Å². The molecule has 0 bridgehead atoms. The highest BCUT2D eigenvalue weighted by molar-refractivity contribution is 9.10. The molecule has 0 amide bonds. The Morgan fingerprint density at radius 3 is 2.59 bits per heavy atom. The first kappa shape index (κ1) is 12.4. The maximum Gasteiger partial charge on any atom is 0.196 e. The molecule has 90 valence electrons. The molecule has 0 saturated heterocycles. The first-order valence-corrected chi connectivity index (χ1v) is 6.46. The third kappa shape index (κ3) is 3.20. The summed E-state index contributed by atoms with van der Waals surface area (Å²) in [4.78, 5) is 0. The lowest BCUT2D eigenvalue weighted by Crippen LogP contribution is -2.15. The van der Waals surface area contributed by atoms with E-state index in [-0.39, 0.29) is 6.29 Å². The van der Waals surface area contributed by atoms with Crippen molar-refractivity contribution in [3.05, 3.63) is 40.9 Å². The molecule has 0 aromatic heterocycles. The third-order valence-corrected chi connectivity index (χ3v) is 2.97. The molecule has 2 rings (SSSR count). The van der Waals surface area contributed by atoms with Crippen LogP contribution in [0.1, 0.15) is 13.8 Å². The Labute approximate surface area is 110 Å². The van der Waals surface area contributed by atoms with Gasteiger partial charge in [0.1, 0.15) is 5.75 Å². The Bertz CT molecular complexity index is 511. The molecule has 0 saturated carbocycles.